The summed E-state index contributed by atoms with van der Waals surface area (Å²) in [6, 6.07) is 14.2. The van der Waals surface area contributed by atoms with E-state index in [0.29, 0.717) is 6.54 Å². The van der Waals surface area contributed by atoms with Gasteiger partial charge in [0.15, 0.2) is 0 Å². The van der Waals surface area contributed by atoms with E-state index in [1.807, 2.05) is 24.3 Å². The molecule has 0 aromatic heterocycles. The topological polar surface area (TPSA) is 20.3 Å². The summed E-state index contributed by atoms with van der Waals surface area (Å²) in [5.41, 5.74) is 1.24. The summed E-state index contributed by atoms with van der Waals surface area (Å²) in [5, 5.41) is 0. The molecule has 0 spiro atoms. The average Bonchev–Trinajstić information content (AvgIpc) is 2.96. The normalized spacial score (nSPS) is 18.0. The molecule has 108 valence electrons. The number of nitrogens with zero attached hydrogens (tertiary/aromatic N) is 1. The van der Waals surface area contributed by atoms with Crippen molar-refractivity contribution in [3.8, 4) is 0 Å². The minimum atomic E-state index is -0.456. The Morgan fingerprint density at radius 2 is 2.00 bits per heavy atom. The summed E-state index contributed by atoms with van der Waals surface area (Å²) < 4.78 is 14.8. The van der Waals surface area contributed by atoms with Gasteiger partial charge in [-0.3, -0.25) is 4.79 Å². The molecule has 1 fully saturated rings. The summed E-state index contributed by atoms with van der Waals surface area (Å²) >= 11 is 3.46. The van der Waals surface area contributed by atoms with Gasteiger partial charge in [-0.15, -0.1) is 0 Å². The molecule has 0 bridgehead atoms. The molecule has 21 heavy (non-hydrogen) atoms. The molecule has 0 saturated carbocycles. The van der Waals surface area contributed by atoms with E-state index in [0.717, 1.165) is 22.9 Å². The van der Waals surface area contributed by atoms with Gasteiger partial charge in [0.25, 0.3) is 5.91 Å². The van der Waals surface area contributed by atoms with Crippen LogP contribution in [0.15, 0.2) is 53.0 Å². The molecule has 0 radical (unpaired) electrons. The third-order valence-corrected chi connectivity index (χ3v) is 4.34. The SMILES string of the molecule is O=C(c1ccccc1F)N1CCCC1c1cccc(Br)c1. The molecular formula is C17H15BrFNO. The first-order valence-electron chi connectivity index (χ1n) is 6.98. The van der Waals surface area contributed by atoms with Gasteiger partial charge in [-0.25, -0.2) is 4.39 Å². The van der Waals surface area contributed by atoms with Crippen molar-refractivity contribution in [3.63, 3.8) is 0 Å². The predicted molar refractivity (Wildman–Crippen MR) is 83.6 cm³/mol. The number of hydrogen-bond donors (Lipinski definition) is 0. The summed E-state index contributed by atoms with van der Waals surface area (Å²) in [5.74, 6) is -0.682. The number of rotatable bonds is 2. The standard InChI is InChI=1S/C17H15BrFNO/c18-13-6-3-5-12(11-13)16-9-4-10-20(16)17(21)14-7-1-2-8-15(14)19/h1-3,5-8,11,16H,4,9-10H2. The Bertz CT molecular complexity index is 673. The number of carbonyl (C=O) groups is 1. The zero-order chi connectivity index (χ0) is 14.8. The highest BCUT2D eigenvalue weighted by Gasteiger charge is 2.31. The maximum absolute atomic E-state index is 13.8. The minimum absolute atomic E-state index is 0.0228. The molecule has 4 heteroatoms. The molecule has 2 nitrogen and oxygen atoms in total. The van der Waals surface area contributed by atoms with Crippen LogP contribution in [0.2, 0.25) is 0 Å². The lowest BCUT2D eigenvalue weighted by molar-refractivity contribution is 0.0731. The quantitative estimate of drug-likeness (QED) is 0.779. The zero-order valence-electron chi connectivity index (χ0n) is 11.4. The molecule has 1 aliphatic rings. The molecule has 1 aliphatic heterocycles. The Labute approximate surface area is 131 Å². The van der Waals surface area contributed by atoms with E-state index in [-0.39, 0.29) is 17.5 Å². The van der Waals surface area contributed by atoms with Crippen LogP contribution in [0, 0.1) is 5.82 Å². The minimum Gasteiger partial charge on any atom is -0.332 e. The molecule has 1 saturated heterocycles. The first-order valence-corrected chi connectivity index (χ1v) is 7.77. The van der Waals surface area contributed by atoms with Crippen LogP contribution in [0.3, 0.4) is 0 Å². The van der Waals surface area contributed by atoms with Gasteiger partial charge in [-0.1, -0.05) is 40.2 Å². The lowest BCUT2D eigenvalue weighted by atomic mass is 10.0. The van der Waals surface area contributed by atoms with Gasteiger partial charge in [0.1, 0.15) is 5.82 Å². The Hall–Kier alpha value is -1.68. The van der Waals surface area contributed by atoms with Gasteiger partial charge in [0.05, 0.1) is 11.6 Å². The Kier molecular flexibility index (Phi) is 4.06. The van der Waals surface area contributed by atoms with Crippen LogP contribution in [-0.4, -0.2) is 17.4 Å². The van der Waals surface area contributed by atoms with E-state index >= 15 is 0 Å². The lowest BCUT2D eigenvalue weighted by Gasteiger charge is -2.25. The number of amides is 1. The van der Waals surface area contributed by atoms with Gasteiger partial charge in [-0.2, -0.15) is 0 Å². The number of hydrogen-bond acceptors (Lipinski definition) is 1. The van der Waals surface area contributed by atoms with Crippen molar-refractivity contribution in [3.05, 3.63) is 69.9 Å². The van der Waals surface area contributed by atoms with Gasteiger partial charge in [0.2, 0.25) is 0 Å². The number of benzene rings is 2. The first-order chi connectivity index (χ1) is 10.2. The van der Waals surface area contributed by atoms with E-state index in [1.165, 1.54) is 6.07 Å². The van der Waals surface area contributed by atoms with Crippen LogP contribution >= 0.6 is 15.9 Å². The Morgan fingerprint density at radius 3 is 2.76 bits per heavy atom. The van der Waals surface area contributed by atoms with Crippen molar-refractivity contribution in [2.75, 3.05) is 6.54 Å². The highest BCUT2D eigenvalue weighted by molar-refractivity contribution is 9.10. The molecule has 1 unspecified atom stereocenters. The van der Waals surface area contributed by atoms with E-state index in [2.05, 4.69) is 15.9 Å². The van der Waals surface area contributed by atoms with Crippen LogP contribution in [-0.2, 0) is 0 Å². The third-order valence-electron chi connectivity index (χ3n) is 3.85. The molecule has 0 aliphatic carbocycles. The van der Waals surface area contributed by atoms with E-state index in [1.54, 1.807) is 23.1 Å². The first kappa shape index (κ1) is 14.3. The fourth-order valence-electron chi connectivity index (χ4n) is 2.86. The Morgan fingerprint density at radius 1 is 1.19 bits per heavy atom. The predicted octanol–water partition coefficient (Wildman–Crippen LogP) is 4.57. The maximum atomic E-state index is 13.8. The number of halogens is 2. The smallest absolute Gasteiger partial charge is 0.257 e. The van der Waals surface area contributed by atoms with Gasteiger partial charge in [0, 0.05) is 11.0 Å². The van der Waals surface area contributed by atoms with Crippen LogP contribution < -0.4 is 0 Å². The molecule has 1 atom stereocenters. The third kappa shape index (κ3) is 2.86. The number of likely N-dealkylation sites (tertiary alicyclic amines) is 1. The van der Waals surface area contributed by atoms with Crippen molar-refractivity contribution >= 4 is 21.8 Å². The zero-order valence-corrected chi connectivity index (χ0v) is 13.0. The molecule has 2 aromatic carbocycles. The largest absolute Gasteiger partial charge is 0.332 e. The fraction of sp³-hybridized carbons (Fsp3) is 0.235. The van der Waals surface area contributed by atoms with E-state index in [4.69, 9.17) is 0 Å². The van der Waals surface area contributed by atoms with Crippen LogP contribution in [0.4, 0.5) is 4.39 Å². The van der Waals surface area contributed by atoms with E-state index < -0.39 is 5.82 Å². The summed E-state index contributed by atoms with van der Waals surface area (Å²) in [6.07, 6.45) is 1.86. The van der Waals surface area contributed by atoms with Gasteiger partial charge >= 0.3 is 0 Å². The Balaban J connectivity index is 1.91. The summed E-state index contributed by atoms with van der Waals surface area (Å²) in [7, 11) is 0. The molecule has 2 aromatic rings. The van der Waals surface area contributed by atoms with Crippen molar-refractivity contribution in [1.82, 2.24) is 4.90 Å². The van der Waals surface area contributed by atoms with Crippen LogP contribution in [0.1, 0.15) is 34.8 Å². The van der Waals surface area contributed by atoms with Crippen molar-refractivity contribution < 1.29 is 9.18 Å². The maximum Gasteiger partial charge on any atom is 0.257 e. The average molecular weight is 348 g/mol. The van der Waals surface area contributed by atoms with Crippen LogP contribution in [0.5, 0.6) is 0 Å². The second-order valence-corrected chi connectivity index (χ2v) is 6.11. The van der Waals surface area contributed by atoms with Crippen molar-refractivity contribution in [2.24, 2.45) is 0 Å². The summed E-state index contributed by atoms with van der Waals surface area (Å²) in [6.45, 7) is 0.671. The number of carbonyl (C=O) groups excluding carboxylic acids is 1. The molecule has 0 N–H and O–H groups in total. The summed E-state index contributed by atoms with van der Waals surface area (Å²) in [4.78, 5) is 14.4. The monoisotopic (exact) mass is 347 g/mol. The van der Waals surface area contributed by atoms with Crippen molar-refractivity contribution in [2.45, 2.75) is 18.9 Å². The lowest BCUT2D eigenvalue weighted by Crippen LogP contribution is -2.31. The van der Waals surface area contributed by atoms with Gasteiger partial charge < -0.3 is 4.90 Å². The van der Waals surface area contributed by atoms with Gasteiger partial charge in [-0.05, 0) is 42.7 Å². The fourth-order valence-corrected chi connectivity index (χ4v) is 3.28. The van der Waals surface area contributed by atoms with Crippen LogP contribution in [0.25, 0.3) is 0 Å². The molecule has 1 amide bonds. The van der Waals surface area contributed by atoms with Crippen molar-refractivity contribution in [1.29, 1.82) is 0 Å². The molecule has 1 heterocycles. The molecule has 3 rings (SSSR count). The second kappa shape index (κ2) is 5.98. The molecular weight excluding hydrogens is 333 g/mol. The highest BCUT2D eigenvalue weighted by atomic mass is 79.9. The highest BCUT2D eigenvalue weighted by Crippen LogP contribution is 2.34. The second-order valence-electron chi connectivity index (χ2n) is 5.19. The van der Waals surface area contributed by atoms with E-state index in [9.17, 15) is 9.18 Å².